The van der Waals surface area contributed by atoms with Gasteiger partial charge in [0, 0.05) is 32.0 Å². The topological polar surface area (TPSA) is 71.5 Å². The van der Waals surface area contributed by atoms with E-state index in [0.717, 1.165) is 12.1 Å². The maximum Gasteiger partial charge on any atom is 0.326 e. The van der Waals surface area contributed by atoms with Crippen molar-refractivity contribution in [3.8, 4) is 0 Å². The van der Waals surface area contributed by atoms with E-state index < -0.39 is 12.0 Å². The quantitative estimate of drug-likeness (QED) is 0.778. The summed E-state index contributed by atoms with van der Waals surface area (Å²) in [4.78, 5) is 13.1. The van der Waals surface area contributed by atoms with Gasteiger partial charge in [-0.25, -0.2) is 4.79 Å². The summed E-state index contributed by atoms with van der Waals surface area (Å²) in [6.45, 7) is 0.499. The van der Waals surface area contributed by atoms with Gasteiger partial charge >= 0.3 is 5.97 Å². The molecule has 5 nitrogen and oxygen atoms in total. The van der Waals surface area contributed by atoms with Crippen LogP contribution in [0.5, 0.6) is 0 Å². The van der Waals surface area contributed by atoms with E-state index in [1.54, 1.807) is 0 Å². The molecule has 1 aliphatic rings. The molecule has 2 heterocycles. The predicted octanol–water partition coefficient (Wildman–Crippen LogP) is 0.406. The number of hydrogen-bond donors (Lipinski definition) is 2. The second-order valence-corrected chi connectivity index (χ2v) is 4.26. The number of nitrogens with zero attached hydrogens (tertiary/aromatic N) is 2. The van der Waals surface area contributed by atoms with Crippen LogP contribution in [0.2, 0.25) is 0 Å². The third-order valence-corrected chi connectivity index (χ3v) is 3.17. The van der Waals surface area contributed by atoms with Crippen LogP contribution in [-0.2, 0) is 11.8 Å². The Morgan fingerprint density at radius 2 is 2.38 bits per heavy atom. The fraction of sp³-hybridized carbons (Fsp3) is 0.545. The summed E-state index contributed by atoms with van der Waals surface area (Å²) in [5, 5.41) is 9.18. The van der Waals surface area contributed by atoms with E-state index in [-0.39, 0.29) is 6.04 Å². The van der Waals surface area contributed by atoms with Crippen molar-refractivity contribution < 1.29 is 9.90 Å². The first kappa shape index (κ1) is 11.0. The van der Waals surface area contributed by atoms with Crippen molar-refractivity contribution in [1.82, 2.24) is 4.57 Å². The molecule has 0 amide bonds. The predicted molar refractivity (Wildman–Crippen MR) is 61.4 cm³/mol. The van der Waals surface area contributed by atoms with Crippen molar-refractivity contribution >= 4 is 11.7 Å². The van der Waals surface area contributed by atoms with Crippen LogP contribution in [0.4, 0.5) is 5.69 Å². The van der Waals surface area contributed by atoms with Crippen molar-refractivity contribution in [1.29, 1.82) is 0 Å². The van der Waals surface area contributed by atoms with Crippen LogP contribution in [0, 0.1) is 0 Å². The second kappa shape index (κ2) is 4.17. The van der Waals surface area contributed by atoms with E-state index in [1.165, 1.54) is 0 Å². The number of aliphatic carboxylic acids is 1. The molecule has 1 fully saturated rings. The first-order valence-electron chi connectivity index (χ1n) is 5.46. The molecule has 1 aromatic rings. The number of aryl methyl sites for hydroxylation is 1. The average molecular weight is 223 g/mol. The van der Waals surface area contributed by atoms with Gasteiger partial charge in [0.2, 0.25) is 0 Å². The summed E-state index contributed by atoms with van der Waals surface area (Å²) in [5.41, 5.74) is 6.64. The molecular weight excluding hydrogens is 206 g/mol. The number of hydrogen-bond acceptors (Lipinski definition) is 3. The van der Waals surface area contributed by atoms with Crippen LogP contribution in [0.15, 0.2) is 18.5 Å². The first-order chi connectivity index (χ1) is 7.63. The van der Waals surface area contributed by atoms with Gasteiger partial charge in [0.05, 0.1) is 5.69 Å². The minimum Gasteiger partial charge on any atom is -0.480 e. The number of anilines is 1. The second-order valence-electron chi connectivity index (χ2n) is 4.26. The van der Waals surface area contributed by atoms with Crippen molar-refractivity contribution in [3.05, 3.63) is 18.5 Å². The summed E-state index contributed by atoms with van der Waals surface area (Å²) >= 11 is 0. The molecule has 16 heavy (non-hydrogen) atoms. The zero-order chi connectivity index (χ0) is 11.7. The number of carboxylic acid groups (broad SMARTS) is 1. The number of carbonyl (C=O) groups is 1. The van der Waals surface area contributed by atoms with Gasteiger partial charge < -0.3 is 20.3 Å². The molecule has 1 saturated heterocycles. The van der Waals surface area contributed by atoms with Gasteiger partial charge in [0.1, 0.15) is 6.04 Å². The fourth-order valence-electron chi connectivity index (χ4n) is 2.39. The fourth-order valence-corrected chi connectivity index (χ4v) is 2.39. The van der Waals surface area contributed by atoms with Crippen LogP contribution in [0.1, 0.15) is 12.8 Å². The average Bonchev–Trinajstić information content (AvgIpc) is 2.82. The standard InChI is InChI=1S/C11H17N3O2/c1-13-5-4-9(7-13)14-8(6-12)2-3-10(14)11(15)16/h4-5,7-8,10H,2-3,6,12H2,1H3,(H,15,16)/t8-,10-/m0/s1. The van der Waals surface area contributed by atoms with Gasteiger partial charge in [-0.2, -0.15) is 0 Å². The van der Waals surface area contributed by atoms with Crippen LogP contribution >= 0.6 is 0 Å². The zero-order valence-electron chi connectivity index (χ0n) is 9.34. The monoisotopic (exact) mass is 223 g/mol. The molecule has 3 N–H and O–H groups in total. The summed E-state index contributed by atoms with van der Waals surface area (Å²) in [6, 6.07) is 1.64. The summed E-state index contributed by atoms with van der Waals surface area (Å²) in [7, 11) is 1.92. The van der Waals surface area contributed by atoms with Crippen molar-refractivity contribution in [2.45, 2.75) is 24.9 Å². The number of aromatic nitrogens is 1. The summed E-state index contributed by atoms with van der Waals surface area (Å²) < 4.78 is 1.92. The molecule has 0 bridgehead atoms. The van der Waals surface area contributed by atoms with E-state index in [0.29, 0.717) is 13.0 Å². The lowest BCUT2D eigenvalue weighted by molar-refractivity contribution is -0.138. The summed E-state index contributed by atoms with van der Waals surface area (Å²) in [5.74, 6) is -0.764. The Morgan fingerprint density at radius 1 is 1.62 bits per heavy atom. The van der Waals surface area contributed by atoms with Crippen LogP contribution in [0.3, 0.4) is 0 Å². The van der Waals surface area contributed by atoms with Gasteiger partial charge in [-0.1, -0.05) is 0 Å². The molecule has 88 valence electrons. The lowest BCUT2D eigenvalue weighted by atomic mass is 10.2. The Hall–Kier alpha value is -1.49. The minimum absolute atomic E-state index is 0.142. The van der Waals surface area contributed by atoms with E-state index in [2.05, 4.69) is 0 Å². The molecule has 0 aromatic carbocycles. The maximum atomic E-state index is 11.2. The van der Waals surface area contributed by atoms with E-state index in [9.17, 15) is 9.90 Å². The Morgan fingerprint density at radius 3 is 2.88 bits per heavy atom. The SMILES string of the molecule is Cn1ccc(N2[C@H](CN)CC[C@H]2C(=O)O)c1. The largest absolute Gasteiger partial charge is 0.480 e. The van der Waals surface area contributed by atoms with E-state index >= 15 is 0 Å². The van der Waals surface area contributed by atoms with Gasteiger partial charge in [0.25, 0.3) is 0 Å². The highest BCUT2D eigenvalue weighted by Gasteiger charge is 2.37. The third kappa shape index (κ3) is 1.78. The first-order valence-corrected chi connectivity index (χ1v) is 5.46. The molecular formula is C11H17N3O2. The molecule has 0 aliphatic carbocycles. The van der Waals surface area contributed by atoms with Crippen LogP contribution < -0.4 is 10.6 Å². The van der Waals surface area contributed by atoms with E-state index in [4.69, 9.17) is 5.73 Å². The molecule has 1 aromatic heterocycles. The molecule has 0 spiro atoms. The third-order valence-electron chi connectivity index (χ3n) is 3.17. The van der Waals surface area contributed by atoms with Gasteiger partial charge in [-0.3, -0.25) is 0 Å². The number of carboxylic acids is 1. The Labute approximate surface area is 94.5 Å². The highest BCUT2D eigenvalue weighted by molar-refractivity contribution is 5.79. The van der Waals surface area contributed by atoms with E-state index in [1.807, 2.05) is 35.0 Å². The Bertz CT molecular complexity index is 388. The molecule has 0 saturated carbocycles. The molecule has 1 aliphatic heterocycles. The van der Waals surface area contributed by atoms with Gasteiger partial charge in [-0.15, -0.1) is 0 Å². The Balaban J connectivity index is 2.29. The Kier molecular flexibility index (Phi) is 2.87. The minimum atomic E-state index is -0.764. The number of rotatable bonds is 3. The number of nitrogens with two attached hydrogens (primary N) is 1. The lowest BCUT2D eigenvalue weighted by Crippen LogP contribution is -2.43. The summed E-state index contributed by atoms with van der Waals surface area (Å²) in [6.07, 6.45) is 5.37. The van der Waals surface area contributed by atoms with Crippen molar-refractivity contribution in [2.75, 3.05) is 11.4 Å². The maximum absolute atomic E-state index is 11.2. The molecule has 2 atom stereocenters. The smallest absolute Gasteiger partial charge is 0.326 e. The van der Waals surface area contributed by atoms with Crippen molar-refractivity contribution in [2.24, 2.45) is 12.8 Å². The van der Waals surface area contributed by atoms with Crippen LogP contribution in [0.25, 0.3) is 0 Å². The highest BCUT2D eigenvalue weighted by Crippen LogP contribution is 2.30. The van der Waals surface area contributed by atoms with Crippen LogP contribution in [-0.4, -0.2) is 34.3 Å². The normalized spacial score (nSPS) is 25.0. The molecule has 0 unspecified atom stereocenters. The lowest BCUT2D eigenvalue weighted by Gasteiger charge is -2.28. The van der Waals surface area contributed by atoms with Gasteiger partial charge in [-0.05, 0) is 18.9 Å². The van der Waals surface area contributed by atoms with Gasteiger partial charge in [0.15, 0.2) is 0 Å². The molecule has 5 heteroatoms. The van der Waals surface area contributed by atoms with Crippen molar-refractivity contribution in [3.63, 3.8) is 0 Å². The zero-order valence-corrected chi connectivity index (χ0v) is 9.34. The molecule has 2 rings (SSSR count). The highest BCUT2D eigenvalue weighted by atomic mass is 16.4. The molecule has 0 radical (unpaired) electrons.